The maximum Gasteiger partial charge on any atom is 0.112 e. The van der Waals surface area contributed by atoms with E-state index in [9.17, 15) is 5.11 Å². The fourth-order valence-corrected chi connectivity index (χ4v) is 3.21. The third-order valence-corrected chi connectivity index (χ3v) is 5.01. The van der Waals surface area contributed by atoms with Gasteiger partial charge in [-0.2, -0.15) is 0 Å². The molecule has 3 heteroatoms. The number of aliphatic hydroxyl groups excluding tert-OH is 1. The number of hydrogen-bond acceptors (Lipinski definition) is 1. The second-order valence-corrected chi connectivity index (χ2v) is 7.28. The summed E-state index contributed by atoms with van der Waals surface area (Å²) in [5.74, 6) is 0. The molecule has 0 fully saturated rings. The Morgan fingerprint density at radius 1 is 0.727 bits per heavy atom. The molecule has 0 rings (SSSR count). The van der Waals surface area contributed by atoms with Gasteiger partial charge in [0.1, 0.15) is 6.04 Å². The molecule has 0 saturated heterocycles. The van der Waals surface area contributed by atoms with Gasteiger partial charge in [0, 0.05) is 0 Å². The van der Waals surface area contributed by atoms with E-state index in [1.165, 1.54) is 77.2 Å². The van der Waals surface area contributed by atoms with Crippen LogP contribution in [0, 0.1) is 0 Å². The van der Waals surface area contributed by atoms with E-state index in [0.29, 0.717) is 12.6 Å². The van der Waals surface area contributed by atoms with Gasteiger partial charge in [0.05, 0.1) is 27.2 Å². The highest BCUT2D eigenvalue weighted by molar-refractivity contribution is 4.54. The fourth-order valence-electron chi connectivity index (χ4n) is 3.21. The molecule has 22 heavy (non-hydrogen) atoms. The van der Waals surface area contributed by atoms with Crippen molar-refractivity contribution in [2.75, 3.05) is 27.2 Å². The average Bonchev–Trinajstić information content (AvgIpc) is 2.45. The highest BCUT2D eigenvalue weighted by Crippen LogP contribution is 2.15. The van der Waals surface area contributed by atoms with Gasteiger partial charge in [0.25, 0.3) is 0 Å². The second kappa shape index (κ2) is 16.3. The molecule has 0 aliphatic heterocycles. The van der Waals surface area contributed by atoms with Crippen molar-refractivity contribution in [3.8, 4) is 0 Å². The summed E-state index contributed by atoms with van der Waals surface area (Å²) in [5, 5.41) is 9.42. The Labute approximate surface area is 151 Å². The van der Waals surface area contributed by atoms with Crippen molar-refractivity contribution in [1.29, 1.82) is 0 Å². The van der Waals surface area contributed by atoms with Crippen molar-refractivity contribution >= 4 is 0 Å². The monoisotopic (exact) mass is 379 g/mol. The normalized spacial score (nSPS) is 13.0. The van der Waals surface area contributed by atoms with Crippen LogP contribution in [-0.4, -0.2) is 42.9 Å². The zero-order valence-electron chi connectivity index (χ0n) is 15.7. The maximum atomic E-state index is 9.42. The minimum absolute atomic E-state index is 0. The van der Waals surface area contributed by atoms with Crippen molar-refractivity contribution in [2.24, 2.45) is 0 Å². The summed E-state index contributed by atoms with van der Waals surface area (Å²) in [4.78, 5) is 0. The van der Waals surface area contributed by atoms with Crippen LogP contribution in [0.4, 0.5) is 0 Å². The highest BCUT2D eigenvalue weighted by Gasteiger charge is 2.24. The molecular weight excluding hydrogens is 338 g/mol. The van der Waals surface area contributed by atoms with E-state index < -0.39 is 0 Å². The summed E-state index contributed by atoms with van der Waals surface area (Å²) < 4.78 is 0.977. The largest absolute Gasteiger partial charge is 1.00 e. The van der Waals surface area contributed by atoms with Crippen LogP contribution in [0.1, 0.15) is 90.9 Å². The van der Waals surface area contributed by atoms with Gasteiger partial charge in [-0.25, -0.2) is 0 Å². The zero-order valence-corrected chi connectivity index (χ0v) is 17.3. The van der Waals surface area contributed by atoms with Crippen LogP contribution in [0.5, 0.6) is 0 Å². The first-order valence-corrected chi connectivity index (χ1v) is 9.52. The Kier molecular flexibility index (Phi) is 18.2. The molecular formula is C19H42BrNO. The molecule has 0 heterocycles. The van der Waals surface area contributed by atoms with Crippen LogP contribution in [0.25, 0.3) is 0 Å². The molecule has 136 valence electrons. The number of likely N-dealkylation sites (N-methyl/N-ethyl adjacent to an activating group) is 1. The van der Waals surface area contributed by atoms with Gasteiger partial charge in [-0.3, -0.25) is 0 Å². The van der Waals surface area contributed by atoms with Crippen molar-refractivity contribution in [2.45, 2.75) is 96.9 Å². The Morgan fingerprint density at radius 3 is 1.50 bits per heavy atom. The summed E-state index contributed by atoms with van der Waals surface area (Å²) >= 11 is 0. The number of hydrogen-bond donors (Lipinski definition) is 1. The van der Waals surface area contributed by atoms with E-state index in [-0.39, 0.29) is 17.0 Å². The molecule has 1 N–H and O–H groups in total. The highest BCUT2D eigenvalue weighted by atomic mass is 79.9. The lowest BCUT2D eigenvalue weighted by atomic mass is 10.1. The lowest BCUT2D eigenvalue weighted by Crippen LogP contribution is -3.00. The number of aliphatic hydroxyl groups is 1. The lowest BCUT2D eigenvalue weighted by Gasteiger charge is -2.36. The van der Waals surface area contributed by atoms with Gasteiger partial charge in [-0.15, -0.1) is 0 Å². The first-order valence-electron chi connectivity index (χ1n) is 9.52. The Hall–Kier alpha value is 0.400. The van der Waals surface area contributed by atoms with E-state index in [1.54, 1.807) is 0 Å². The molecule has 0 aliphatic rings. The van der Waals surface area contributed by atoms with Crippen LogP contribution >= 0.6 is 0 Å². The van der Waals surface area contributed by atoms with Crippen molar-refractivity contribution in [3.63, 3.8) is 0 Å². The van der Waals surface area contributed by atoms with Crippen LogP contribution in [0.15, 0.2) is 0 Å². The zero-order chi connectivity index (χ0) is 16.0. The fraction of sp³-hybridized carbons (Fsp3) is 1.00. The van der Waals surface area contributed by atoms with Crippen molar-refractivity contribution in [1.82, 2.24) is 0 Å². The third kappa shape index (κ3) is 12.9. The predicted molar refractivity (Wildman–Crippen MR) is 94.6 cm³/mol. The van der Waals surface area contributed by atoms with Gasteiger partial charge in [0.15, 0.2) is 0 Å². The first-order chi connectivity index (χ1) is 10.1. The van der Waals surface area contributed by atoms with Crippen LogP contribution in [0.3, 0.4) is 0 Å². The van der Waals surface area contributed by atoms with Crippen LogP contribution in [0.2, 0.25) is 0 Å². The molecule has 1 atom stereocenters. The van der Waals surface area contributed by atoms with Gasteiger partial charge in [-0.1, -0.05) is 71.6 Å². The van der Waals surface area contributed by atoms with E-state index in [1.807, 2.05) is 0 Å². The number of rotatable bonds is 15. The van der Waals surface area contributed by atoms with E-state index >= 15 is 0 Å². The molecule has 0 aromatic rings. The Bertz CT molecular complexity index is 217. The minimum Gasteiger partial charge on any atom is -1.00 e. The summed E-state index contributed by atoms with van der Waals surface area (Å²) in [7, 11) is 4.53. The third-order valence-electron chi connectivity index (χ3n) is 5.01. The summed E-state index contributed by atoms with van der Waals surface area (Å²) in [6.07, 6.45) is 16.5. The molecule has 0 aromatic carbocycles. The number of halogens is 1. The lowest BCUT2D eigenvalue weighted by molar-refractivity contribution is -0.915. The topological polar surface area (TPSA) is 20.2 Å². The summed E-state index contributed by atoms with van der Waals surface area (Å²) in [6.45, 7) is 5.99. The quantitative estimate of drug-likeness (QED) is 0.341. The maximum absolute atomic E-state index is 9.42. The standard InChI is InChI=1S/C19H42NO.BrH/c1-5-7-8-9-10-11-12-13-14-15-16-17-20(3,4)19(6-2)18-21;/h19,21H,5-18H2,1-4H3;1H/q+1;/p-1. The molecule has 0 amide bonds. The number of unbranched alkanes of at least 4 members (excludes halogenated alkanes) is 10. The molecule has 0 radical (unpaired) electrons. The van der Waals surface area contributed by atoms with Gasteiger partial charge >= 0.3 is 0 Å². The van der Waals surface area contributed by atoms with Gasteiger partial charge in [-0.05, 0) is 19.3 Å². The summed E-state index contributed by atoms with van der Waals surface area (Å²) in [6, 6.07) is 0.410. The Morgan fingerprint density at radius 2 is 1.14 bits per heavy atom. The van der Waals surface area contributed by atoms with Crippen LogP contribution < -0.4 is 17.0 Å². The Balaban J connectivity index is 0. The molecule has 0 spiro atoms. The smallest absolute Gasteiger partial charge is 0.112 e. The van der Waals surface area contributed by atoms with Gasteiger partial charge < -0.3 is 26.6 Å². The molecule has 0 aliphatic carbocycles. The van der Waals surface area contributed by atoms with Gasteiger partial charge in [0.2, 0.25) is 0 Å². The second-order valence-electron chi connectivity index (χ2n) is 7.28. The van der Waals surface area contributed by atoms with E-state index in [2.05, 4.69) is 27.9 Å². The first kappa shape index (κ1) is 24.6. The molecule has 1 unspecified atom stereocenters. The van der Waals surface area contributed by atoms with E-state index in [4.69, 9.17) is 0 Å². The van der Waals surface area contributed by atoms with Crippen LogP contribution in [-0.2, 0) is 0 Å². The SMILES string of the molecule is CCCCCCCCCCCCC[N+](C)(C)C(CC)CO.[Br-]. The molecule has 2 nitrogen and oxygen atoms in total. The molecule has 0 bridgehead atoms. The average molecular weight is 380 g/mol. The van der Waals surface area contributed by atoms with E-state index in [0.717, 1.165) is 10.9 Å². The van der Waals surface area contributed by atoms with Crippen molar-refractivity contribution < 1.29 is 26.6 Å². The summed E-state index contributed by atoms with van der Waals surface area (Å²) in [5.41, 5.74) is 0. The van der Waals surface area contributed by atoms with Crippen molar-refractivity contribution in [3.05, 3.63) is 0 Å². The number of quaternary nitrogens is 1. The molecule has 0 aromatic heterocycles. The molecule has 0 saturated carbocycles. The minimum atomic E-state index is 0. The number of nitrogens with zero attached hydrogens (tertiary/aromatic N) is 1. The predicted octanol–water partition coefficient (Wildman–Crippen LogP) is 2.15.